The Balaban J connectivity index is 2.78. The van der Waals surface area contributed by atoms with Crippen LogP contribution in [0.4, 0.5) is 0 Å². The molecule has 0 fully saturated rings. The van der Waals surface area contributed by atoms with Gasteiger partial charge in [-0.25, -0.2) is 0 Å². The molecule has 1 atom stereocenters. The Hall–Kier alpha value is -1.95. The third-order valence-electron chi connectivity index (χ3n) is 2.90. The van der Waals surface area contributed by atoms with Crippen molar-refractivity contribution in [3.05, 3.63) is 30.1 Å². The van der Waals surface area contributed by atoms with Gasteiger partial charge in [0.05, 0.1) is 13.0 Å². The molecular weight excluding hydrogens is 260 g/mol. The maximum Gasteiger partial charge on any atom is 0.310 e. The Morgan fingerprint density at radius 1 is 1.40 bits per heavy atom. The van der Waals surface area contributed by atoms with Crippen molar-refractivity contribution in [3.8, 4) is 0 Å². The lowest BCUT2D eigenvalue weighted by atomic mass is 10.1. The number of esters is 1. The maximum atomic E-state index is 12.4. The average Bonchev–Trinajstić information content (AvgIpc) is 2.50. The van der Waals surface area contributed by atoms with Crippen LogP contribution >= 0.6 is 0 Å². The van der Waals surface area contributed by atoms with E-state index in [0.29, 0.717) is 18.5 Å². The number of rotatable bonds is 7. The van der Waals surface area contributed by atoms with E-state index in [1.54, 1.807) is 36.4 Å². The lowest BCUT2D eigenvalue weighted by molar-refractivity contribution is -0.145. The third-order valence-corrected chi connectivity index (χ3v) is 2.90. The molecule has 1 unspecified atom stereocenters. The fraction of sp³-hybridized carbons (Fsp3) is 0.500. The average molecular weight is 280 g/mol. The molecule has 0 spiro atoms. The highest BCUT2D eigenvalue weighted by Gasteiger charge is 2.22. The van der Waals surface area contributed by atoms with E-state index in [1.807, 2.05) is 0 Å². The highest BCUT2D eigenvalue weighted by atomic mass is 16.5. The summed E-state index contributed by atoms with van der Waals surface area (Å²) < 4.78 is 4.67. The highest BCUT2D eigenvalue weighted by Crippen LogP contribution is 2.09. The SMILES string of the molecule is COC(=O)C(C)CN(CCCO)C(=O)c1ccncc1. The van der Waals surface area contributed by atoms with Gasteiger partial charge in [0.1, 0.15) is 0 Å². The van der Waals surface area contributed by atoms with Crippen molar-refractivity contribution < 1.29 is 19.4 Å². The van der Waals surface area contributed by atoms with Crippen LogP contribution in [0.5, 0.6) is 0 Å². The first-order valence-electron chi connectivity index (χ1n) is 6.48. The number of pyridine rings is 1. The van der Waals surface area contributed by atoms with Crippen molar-refractivity contribution in [2.45, 2.75) is 13.3 Å². The molecule has 6 nitrogen and oxygen atoms in total. The number of carbonyl (C=O) groups excluding carboxylic acids is 2. The first-order valence-corrected chi connectivity index (χ1v) is 6.48. The molecule has 0 saturated heterocycles. The van der Waals surface area contributed by atoms with Crippen molar-refractivity contribution in [3.63, 3.8) is 0 Å². The second kappa shape index (κ2) is 8.27. The first kappa shape index (κ1) is 16.1. The minimum atomic E-state index is -0.413. The number of hydrogen-bond acceptors (Lipinski definition) is 5. The van der Waals surface area contributed by atoms with Gasteiger partial charge in [0.15, 0.2) is 0 Å². The van der Waals surface area contributed by atoms with Gasteiger partial charge in [0.2, 0.25) is 0 Å². The minimum absolute atomic E-state index is 0.00721. The molecule has 0 radical (unpaired) electrons. The molecular formula is C14H20N2O4. The van der Waals surface area contributed by atoms with Gasteiger partial charge in [-0.05, 0) is 18.6 Å². The Morgan fingerprint density at radius 3 is 2.60 bits per heavy atom. The Morgan fingerprint density at radius 2 is 2.05 bits per heavy atom. The monoisotopic (exact) mass is 280 g/mol. The van der Waals surface area contributed by atoms with Crippen molar-refractivity contribution >= 4 is 11.9 Å². The number of ether oxygens (including phenoxy) is 1. The number of nitrogens with zero attached hydrogens (tertiary/aromatic N) is 2. The fourth-order valence-corrected chi connectivity index (χ4v) is 1.82. The summed E-state index contributed by atoms with van der Waals surface area (Å²) in [6.45, 7) is 2.34. The van der Waals surface area contributed by atoms with Gasteiger partial charge in [0.25, 0.3) is 5.91 Å². The van der Waals surface area contributed by atoms with Gasteiger partial charge in [-0.15, -0.1) is 0 Å². The molecule has 0 aliphatic heterocycles. The van der Waals surface area contributed by atoms with Gasteiger partial charge in [0, 0.05) is 37.7 Å². The van der Waals surface area contributed by atoms with Gasteiger partial charge < -0.3 is 14.7 Å². The Bertz CT molecular complexity index is 436. The van der Waals surface area contributed by atoms with E-state index in [0.717, 1.165) is 0 Å². The van der Waals surface area contributed by atoms with E-state index in [-0.39, 0.29) is 25.0 Å². The predicted molar refractivity (Wildman–Crippen MR) is 73.0 cm³/mol. The van der Waals surface area contributed by atoms with E-state index in [1.165, 1.54) is 7.11 Å². The molecule has 1 N–H and O–H groups in total. The summed E-state index contributed by atoms with van der Waals surface area (Å²) in [5.41, 5.74) is 0.509. The predicted octanol–water partition coefficient (Wildman–Crippen LogP) is 0.715. The van der Waals surface area contributed by atoms with Crippen LogP contribution in [0.2, 0.25) is 0 Å². The van der Waals surface area contributed by atoms with E-state index < -0.39 is 5.92 Å². The summed E-state index contributed by atoms with van der Waals surface area (Å²) in [5, 5.41) is 8.92. The minimum Gasteiger partial charge on any atom is -0.469 e. The van der Waals surface area contributed by atoms with Crippen LogP contribution in [0.3, 0.4) is 0 Å². The summed E-state index contributed by atoms with van der Waals surface area (Å²) in [6, 6.07) is 3.24. The molecule has 1 amide bonds. The Kier molecular flexibility index (Phi) is 6.66. The summed E-state index contributed by atoms with van der Waals surface area (Å²) in [7, 11) is 1.32. The summed E-state index contributed by atoms with van der Waals surface area (Å²) in [4.78, 5) is 29.2. The fourth-order valence-electron chi connectivity index (χ4n) is 1.82. The van der Waals surface area contributed by atoms with E-state index in [4.69, 9.17) is 5.11 Å². The standard InChI is InChI=1S/C14H20N2O4/c1-11(14(19)20-2)10-16(8-3-9-17)13(18)12-4-6-15-7-5-12/h4-7,11,17H,3,8-10H2,1-2H3. The molecule has 1 aromatic heterocycles. The molecule has 0 aliphatic rings. The van der Waals surface area contributed by atoms with Crippen molar-refractivity contribution in [1.29, 1.82) is 0 Å². The zero-order valence-corrected chi connectivity index (χ0v) is 11.8. The molecule has 0 aromatic carbocycles. The van der Waals surface area contributed by atoms with Crippen LogP contribution < -0.4 is 0 Å². The largest absolute Gasteiger partial charge is 0.469 e. The van der Waals surface area contributed by atoms with Crippen LogP contribution in [-0.4, -0.2) is 53.7 Å². The number of aliphatic hydroxyl groups excluding tert-OH is 1. The summed E-state index contributed by atoms with van der Waals surface area (Å²) >= 11 is 0. The summed E-state index contributed by atoms with van der Waals surface area (Å²) in [6.07, 6.45) is 3.55. The molecule has 1 heterocycles. The molecule has 20 heavy (non-hydrogen) atoms. The number of methoxy groups -OCH3 is 1. The molecule has 6 heteroatoms. The quantitative estimate of drug-likeness (QED) is 0.744. The molecule has 0 saturated carbocycles. The maximum absolute atomic E-state index is 12.4. The van der Waals surface area contributed by atoms with E-state index in [2.05, 4.69) is 9.72 Å². The van der Waals surface area contributed by atoms with Crippen molar-refractivity contribution in [2.75, 3.05) is 26.8 Å². The van der Waals surface area contributed by atoms with Crippen LogP contribution in [0.1, 0.15) is 23.7 Å². The number of amides is 1. The lowest BCUT2D eigenvalue weighted by Crippen LogP contribution is -2.38. The van der Waals surface area contributed by atoms with Gasteiger partial charge in [-0.3, -0.25) is 14.6 Å². The van der Waals surface area contributed by atoms with Gasteiger partial charge in [-0.1, -0.05) is 6.92 Å². The van der Waals surface area contributed by atoms with Crippen molar-refractivity contribution in [2.24, 2.45) is 5.92 Å². The second-order valence-corrected chi connectivity index (χ2v) is 4.49. The second-order valence-electron chi connectivity index (χ2n) is 4.49. The molecule has 0 bridgehead atoms. The first-order chi connectivity index (χ1) is 9.60. The van der Waals surface area contributed by atoms with Gasteiger partial charge >= 0.3 is 5.97 Å². The molecule has 110 valence electrons. The number of aliphatic hydroxyl groups is 1. The molecule has 0 aliphatic carbocycles. The lowest BCUT2D eigenvalue weighted by Gasteiger charge is -2.24. The highest BCUT2D eigenvalue weighted by molar-refractivity contribution is 5.94. The van der Waals surface area contributed by atoms with E-state index in [9.17, 15) is 9.59 Å². The zero-order chi connectivity index (χ0) is 15.0. The number of carbonyl (C=O) groups is 2. The third kappa shape index (κ3) is 4.62. The van der Waals surface area contributed by atoms with Crippen molar-refractivity contribution in [1.82, 2.24) is 9.88 Å². The van der Waals surface area contributed by atoms with Gasteiger partial charge in [-0.2, -0.15) is 0 Å². The van der Waals surface area contributed by atoms with Crippen LogP contribution in [0.15, 0.2) is 24.5 Å². The number of aromatic nitrogens is 1. The van der Waals surface area contributed by atoms with E-state index >= 15 is 0 Å². The summed E-state index contributed by atoms with van der Waals surface area (Å²) in [5.74, 6) is -0.956. The number of hydrogen-bond donors (Lipinski definition) is 1. The van der Waals surface area contributed by atoms with Crippen LogP contribution in [0, 0.1) is 5.92 Å². The molecule has 1 rings (SSSR count). The normalized spacial score (nSPS) is 11.8. The topological polar surface area (TPSA) is 79.7 Å². The zero-order valence-electron chi connectivity index (χ0n) is 11.8. The smallest absolute Gasteiger partial charge is 0.310 e. The Labute approximate surface area is 118 Å². The molecule has 1 aromatic rings. The van der Waals surface area contributed by atoms with Crippen LogP contribution in [-0.2, 0) is 9.53 Å². The van der Waals surface area contributed by atoms with Crippen LogP contribution in [0.25, 0.3) is 0 Å².